The van der Waals surface area contributed by atoms with E-state index in [0.717, 1.165) is 6.54 Å². The lowest BCUT2D eigenvalue weighted by Crippen LogP contribution is -2.29. The maximum absolute atomic E-state index is 8.35. The van der Waals surface area contributed by atoms with Crippen molar-refractivity contribution in [2.24, 2.45) is 0 Å². The molecule has 0 saturated carbocycles. The zero-order chi connectivity index (χ0) is 8.69. The molecule has 1 atom stereocenters. The van der Waals surface area contributed by atoms with Gasteiger partial charge in [-0.15, -0.1) is 0 Å². The molecule has 0 aromatic carbocycles. The quantitative estimate of drug-likeness (QED) is 0.605. The highest BCUT2D eigenvalue weighted by molar-refractivity contribution is 4.73. The summed E-state index contributed by atoms with van der Waals surface area (Å²) in [5.74, 6) is 0. The third-order valence-electron chi connectivity index (χ3n) is 2.04. The Morgan fingerprint density at radius 1 is 1.55 bits per heavy atom. The van der Waals surface area contributed by atoms with Crippen LogP contribution in [0.1, 0.15) is 33.1 Å². The van der Waals surface area contributed by atoms with E-state index in [1.165, 1.54) is 12.8 Å². The fourth-order valence-corrected chi connectivity index (χ4v) is 1.08. The van der Waals surface area contributed by atoms with Gasteiger partial charge in [0.1, 0.15) is 0 Å². The monoisotopic (exact) mass is 154 g/mol. The molecule has 0 aliphatic rings. The van der Waals surface area contributed by atoms with Gasteiger partial charge < -0.3 is 4.90 Å². The first-order valence-electron chi connectivity index (χ1n) is 4.29. The van der Waals surface area contributed by atoms with Crippen LogP contribution < -0.4 is 0 Å². The smallest absolute Gasteiger partial charge is 0.0635 e. The number of hydrogen-bond acceptors (Lipinski definition) is 2. The van der Waals surface area contributed by atoms with Gasteiger partial charge in [-0.1, -0.05) is 13.3 Å². The molecule has 2 nitrogen and oxygen atoms in total. The molecule has 0 heterocycles. The number of nitriles is 1. The standard InChI is InChI=1S/C9H18N2/c1-4-6-9(2)11(3)8-5-7-10/h9H,4-6,8H2,1-3H3. The highest BCUT2D eigenvalue weighted by Crippen LogP contribution is 2.03. The third-order valence-corrected chi connectivity index (χ3v) is 2.04. The summed E-state index contributed by atoms with van der Waals surface area (Å²) in [4.78, 5) is 2.24. The molecular weight excluding hydrogens is 136 g/mol. The lowest BCUT2D eigenvalue weighted by molar-refractivity contribution is 0.250. The van der Waals surface area contributed by atoms with E-state index in [1.807, 2.05) is 0 Å². The minimum atomic E-state index is 0.619. The Morgan fingerprint density at radius 2 is 2.18 bits per heavy atom. The van der Waals surface area contributed by atoms with Gasteiger partial charge in [0, 0.05) is 19.0 Å². The molecule has 0 aliphatic carbocycles. The van der Waals surface area contributed by atoms with Crippen molar-refractivity contribution in [3.05, 3.63) is 0 Å². The van der Waals surface area contributed by atoms with Gasteiger partial charge in [-0.3, -0.25) is 0 Å². The van der Waals surface area contributed by atoms with Crippen LogP contribution in [0.2, 0.25) is 0 Å². The Balaban J connectivity index is 3.47. The van der Waals surface area contributed by atoms with Gasteiger partial charge in [-0.2, -0.15) is 5.26 Å². The van der Waals surface area contributed by atoms with Crippen LogP contribution in [-0.4, -0.2) is 24.5 Å². The Kier molecular flexibility index (Phi) is 5.87. The summed E-state index contributed by atoms with van der Waals surface area (Å²) in [5.41, 5.74) is 0. The van der Waals surface area contributed by atoms with Crippen LogP contribution in [0.4, 0.5) is 0 Å². The topological polar surface area (TPSA) is 27.0 Å². The van der Waals surface area contributed by atoms with Crippen LogP contribution in [0.5, 0.6) is 0 Å². The molecule has 0 saturated heterocycles. The number of hydrogen-bond donors (Lipinski definition) is 0. The maximum atomic E-state index is 8.35. The van der Waals surface area contributed by atoms with Crippen molar-refractivity contribution >= 4 is 0 Å². The minimum Gasteiger partial charge on any atom is -0.303 e. The summed E-state index contributed by atoms with van der Waals surface area (Å²) in [6.45, 7) is 5.30. The fourth-order valence-electron chi connectivity index (χ4n) is 1.08. The number of nitrogens with zero attached hydrogens (tertiary/aromatic N) is 2. The Hall–Kier alpha value is -0.550. The zero-order valence-electron chi connectivity index (χ0n) is 7.80. The van der Waals surface area contributed by atoms with Crippen molar-refractivity contribution in [2.75, 3.05) is 13.6 Å². The first-order chi connectivity index (χ1) is 5.22. The van der Waals surface area contributed by atoms with E-state index >= 15 is 0 Å². The summed E-state index contributed by atoms with van der Waals surface area (Å²) in [7, 11) is 2.08. The van der Waals surface area contributed by atoms with Gasteiger partial charge in [-0.25, -0.2) is 0 Å². The van der Waals surface area contributed by atoms with E-state index in [4.69, 9.17) is 5.26 Å². The summed E-state index contributed by atoms with van der Waals surface area (Å²) < 4.78 is 0. The van der Waals surface area contributed by atoms with E-state index in [1.54, 1.807) is 0 Å². The molecular formula is C9H18N2. The van der Waals surface area contributed by atoms with Crippen LogP contribution >= 0.6 is 0 Å². The van der Waals surface area contributed by atoms with Crippen LogP contribution in [0.3, 0.4) is 0 Å². The van der Waals surface area contributed by atoms with Gasteiger partial charge in [0.05, 0.1) is 6.07 Å². The maximum Gasteiger partial charge on any atom is 0.0635 e. The lowest BCUT2D eigenvalue weighted by atomic mass is 10.2. The van der Waals surface area contributed by atoms with Crippen molar-refractivity contribution in [1.82, 2.24) is 4.90 Å². The lowest BCUT2D eigenvalue weighted by Gasteiger charge is -2.22. The van der Waals surface area contributed by atoms with Crippen LogP contribution in [0.15, 0.2) is 0 Å². The SMILES string of the molecule is CCCC(C)N(C)CCC#N. The van der Waals surface area contributed by atoms with Gasteiger partial charge in [-0.05, 0) is 20.4 Å². The van der Waals surface area contributed by atoms with E-state index in [2.05, 4.69) is 31.9 Å². The predicted octanol–water partition coefficient (Wildman–Crippen LogP) is 2.02. The molecule has 0 aromatic heterocycles. The summed E-state index contributed by atoms with van der Waals surface area (Å²) >= 11 is 0. The minimum absolute atomic E-state index is 0.619. The van der Waals surface area contributed by atoms with E-state index in [-0.39, 0.29) is 0 Å². The Morgan fingerprint density at radius 3 is 2.64 bits per heavy atom. The molecule has 2 heteroatoms. The van der Waals surface area contributed by atoms with Gasteiger partial charge in [0.2, 0.25) is 0 Å². The third kappa shape index (κ3) is 4.80. The van der Waals surface area contributed by atoms with Crippen LogP contribution in [0.25, 0.3) is 0 Å². The second-order valence-electron chi connectivity index (χ2n) is 3.03. The largest absolute Gasteiger partial charge is 0.303 e. The second-order valence-corrected chi connectivity index (χ2v) is 3.03. The molecule has 0 aliphatic heterocycles. The highest BCUT2D eigenvalue weighted by Gasteiger charge is 2.05. The predicted molar refractivity (Wildman–Crippen MR) is 47.2 cm³/mol. The molecule has 0 rings (SSSR count). The van der Waals surface area contributed by atoms with E-state index in [9.17, 15) is 0 Å². The second kappa shape index (κ2) is 6.18. The van der Waals surface area contributed by atoms with Crippen LogP contribution in [0, 0.1) is 11.3 Å². The van der Waals surface area contributed by atoms with Gasteiger partial charge >= 0.3 is 0 Å². The average Bonchev–Trinajstić information content (AvgIpc) is 2.00. The van der Waals surface area contributed by atoms with Crippen molar-refractivity contribution in [3.63, 3.8) is 0 Å². The molecule has 0 bridgehead atoms. The molecule has 0 N–H and O–H groups in total. The first-order valence-corrected chi connectivity index (χ1v) is 4.29. The van der Waals surface area contributed by atoms with Gasteiger partial charge in [0.25, 0.3) is 0 Å². The summed E-state index contributed by atoms with van der Waals surface area (Å²) in [5, 5.41) is 8.35. The summed E-state index contributed by atoms with van der Waals surface area (Å²) in [6.07, 6.45) is 3.09. The fraction of sp³-hybridized carbons (Fsp3) is 0.889. The normalized spacial score (nSPS) is 13.0. The molecule has 64 valence electrons. The average molecular weight is 154 g/mol. The van der Waals surface area contributed by atoms with Crippen molar-refractivity contribution in [1.29, 1.82) is 5.26 Å². The first kappa shape index (κ1) is 10.4. The molecule has 0 aromatic rings. The Labute approximate surface area is 69.8 Å². The molecule has 0 radical (unpaired) electrons. The van der Waals surface area contributed by atoms with Gasteiger partial charge in [0.15, 0.2) is 0 Å². The van der Waals surface area contributed by atoms with E-state index < -0.39 is 0 Å². The molecule has 0 amide bonds. The van der Waals surface area contributed by atoms with Crippen molar-refractivity contribution < 1.29 is 0 Å². The molecule has 0 fully saturated rings. The molecule has 11 heavy (non-hydrogen) atoms. The zero-order valence-corrected chi connectivity index (χ0v) is 7.80. The van der Waals surface area contributed by atoms with Crippen LogP contribution in [-0.2, 0) is 0 Å². The number of rotatable bonds is 5. The Bertz CT molecular complexity index is 126. The molecule has 1 unspecified atom stereocenters. The van der Waals surface area contributed by atoms with Crippen molar-refractivity contribution in [3.8, 4) is 6.07 Å². The van der Waals surface area contributed by atoms with E-state index in [0.29, 0.717) is 12.5 Å². The summed E-state index contributed by atoms with van der Waals surface area (Å²) in [6, 6.07) is 2.77. The highest BCUT2D eigenvalue weighted by atomic mass is 15.1. The molecule has 0 spiro atoms. The van der Waals surface area contributed by atoms with Crippen molar-refractivity contribution in [2.45, 2.75) is 39.2 Å².